The minimum Gasteiger partial charge on any atom is -0.481 e. The van der Waals surface area contributed by atoms with Gasteiger partial charge < -0.3 is 5.11 Å². The third-order valence-electron chi connectivity index (χ3n) is 1.79. The smallest absolute Gasteiger partial charge is 0.307 e. The lowest BCUT2D eigenvalue weighted by atomic mass is 10.1. The lowest BCUT2D eigenvalue weighted by molar-refractivity contribution is -0.136. The molecule has 1 rings (SSSR count). The largest absolute Gasteiger partial charge is 0.481 e. The summed E-state index contributed by atoms with van der Waals surface area (Å²) >= 11 is 5.75. The van der Waals surface area contributed by atoms with Crippen molar-refractivity contribution in [3.8, 4) is 0 Å². The summed E-state index contributed by atoms with van der Waals surface area (Å²) in [6.45, 7) is 0. The number of aliphatic carboxylic acids is 1. The van der Waals surface area contributed by atoms with Crippen molar-refractivity contribution in [2.75, 3.05) is 6.26 Å². The second-order valence-corrected chi connectivity index (χ2v) is 5.52. The van der Waals surface area contributed by atoms with E-state index < -0.39 is 15.8 Å². The van der Waals surface area contributed by atoms with Gasteiger partial charge in [-0.1, -0.05) is 17.7 Å². The number of carbonyl (C=O) groups is 1. The molecule has 4 nitrogen and oxygen atoms in total. The van der Waals surface area contributed by atoms with E-state index in [1.165, 1.54) is 18.2 Å². The first kappa shape index (κ1) is 12.0. The van der Waals surface area contributed by atoms with Gasteiger partial charge in [0.15, 0.2) is 9.84 Å². The van der Waals surface area contributed by atoms with E-state index >= 15 is 0 Å². The molecule has 0 radical (unpaired) electrons. The maximum Gasteiger partial charge on any atom is 0.307 e. The van der Waals surface area contributed by atoms with Crippen LogP contribution in [0, 0.1) is 0 Å². The van der Waals surface area contributed by atoms with Crippen LogP contribution >= 0.6 is 11.6 Å². The molecule has 0 aliphatic rings. The van der Waals surface area contributed by atoms with E-state index in [9.17, 15) is 13.2 Å². The van der Waals surface area contributed by atoms with Crippen molar-refractivity contribution in [2.24, 2.45) is 0 Å². The van der Waals surface area contributed by atoms with E-state index in [0.717, 1.165) is 6.26 Å². The van der Waals surface area contributed by atoms with Crippen LogP contribution in [-0.4, -0.2) is 25.7 Å². The van der Waals surface area contributed by atoms with Crippen molar-refractivity contribution in [2.45, 2.75) is 11.3 Å². The molecule has 0 atom stereocenters. The molecule has 0 fully saturated rings. The highest BCUT2D eigenvalue weighted by atomic mass is 35.5. The molecule has 1 aromatic rings. The van der Waals surface area contributed by atoms with E-state index in [2.05, 4.69) is 0 Å². The summed E-state index contributed by atoms with van der Waals surface area (Å²) in [6.07, 6.45) is 0.846. The Morgan fingerprint density at radius 2 is 2.07 bits per heavy atom. The monoisotopic (exact) mass is 248 g/mol. The van der Waals surface area contributed by atoms with Gasteiger partial charge in [-0.25, -0.2) is 8.42 Å². The van der Waals surface area contributed by atoms with Crippen molar-refractivity contribution >= 4 is 27.4 Å². The molecule has 0 aromatic heterocycles. The number of hydrogen-bond donors (Lipinski definition) is 1. The molecule has 0 saturated carbocycles. The van der Waals surface area contributed by atoms with E-state index in [1.807, 2.05) is 0 Å². The molecule has 0 aliphatic heterocycles. The summed E-state index contributed by atoms with van der Waals surface area (Å²) in [4.78, 5) is 10.5. The summed E-state index contributed by atoms with van der Waals surface area (Å²) in [5.74, 6) is -1.01. The van der Waals surface area contributed by atoms with Crippen LogP contribution in [0.3, 0.4) is 0 Å². The fourth-order valence-electron chi connectivity index (χ4n) is 1.06. The van der Waals surface area contributed by atoms with Crippen LogP contribution in [-0.2, 0) is 21.1 Å². The van der Waals surface area contributed by atoms with Crippen molar-refractivity contribution in [1.29, 1.82) is 0 Å². The zero-order valence-corrected chi connectivity index (χ0v) is 9.47. The minimum absolute atomic E-state index is 0.0849. The Balaban J connectivity index is 3.15. The molecule has 1 N–H and O–H groups in total. The zero-order valence-electron chi connectivity index (χ0n) is 7.90. The average Bonchev–Trinajstić information content (AvgIpc) is 2.05. The fraction of sp³-hybridized carbons (Fsp3) is 0.222. The maximum absolute atomic E-state index is 11.1. The SMILES string of the molecule is CS(=O)(=O)c1ccc(CC(=O)O)c(Cl)c1. The van der Waals surface area contributed by atoms with Gasteiger partial charge in [-0.3, -0.25) is 4.79 Å². The predicted molar refractivity (Wildman–Crippen MR) is 55.9 cm³/mol. The highest BCUT2D eigenvalue weighted by Crippen LogP contribution is 2.21. The van der Waals surface area contributed by atoms with Crippen LogP contribution in [0.15, 0.2) is 23.1 Å². The van der Waals surface area contributed by atoms with Crippen molar-refractivity contribution in [3.63, 3.8) is 0 Å². The fourth-order valence-corrected chi connectivity index (χ4v) is 2.02. The van der Waals surface area contributed by atoms with Gasteiger partial charge in [-0.05, 0) is 17.7 Å². The Morgan fingerprint density at radius 3 is 2.47 bits per heavy atom. The normalized spacial score (nSPS) is 11.3. The Labute approximate surface area is 92.4 Å². The van der Waals surface area contributed by atoms with Crippen molar-refractivity contribution < 1.29 is 18.3 Å². The zero-order chi connectivity index (χ0) is 11.6. The lowest BCUT2D eigenvalue weighted by Gasteiger charge is -2.03. The van der Waals surface area contributed by atoms with Gasteiger partial charge in [0.25, 0.3) is 0 Å². The second kappa shape index (κ2) is 4.20. The molecular formula is C9H9ClO4S. The van der Waals surface area contributed by atoms with Crippen molar-refractivity contribution in [3.05, 3.63) is 28.8 Å². The number of sulfone groups is 1. The predicted octanol–water partition coefficient (Wildman–Crippen LogP) is 1.37. The standard InChI is InChI=1S/C9H9ClO4S/c1-15(13,14)7-3-2-6(4-9(11)12)8(10)5-7/h2-3,5H,4H2,1H3,(H,11,12). The van der Waals surface area contributed by atoms with Crippen LogP contribution in [0.5, 0.6) is 0 Å². The highest BCUT2D eigenvalue weighted by molar-refractivity contribution is 7.90. The summed E-state index contributed by atoms with van der Waals surface area (Å²) in [7, 11) is -3.30. The quantitative estimate of drug-likeness (QED) is 0.877. The first-order valence-corrected chi connectivity index (χ1v) is 6.28. The Kier molecular flexibility index (Phi) is 3.36. The first-order valence-electron chi connectivity index (χ1n) is 4.01. The van der Waals surface area contributed by atoms with E-state index in [0.29, 0.717) is 5.56 Å². The van der Waals surface area contributed by atoms with Crippen LogP contribution < -0.4 is 0 Å². The third kappa shape index (κ3) is 3.21. The number of benzene rings is 1. The summed E-state index contributed by atoms with van der Waals surface area (Å²) in [5, 5.41) is 8.70. The van der Waals surface area contributed by atoms with E-state index in [4.69, 9.17) is 16.7 Å². The molecule has 0 saturated heterocycles. The number of hydrogen-bond acceptors (Lipinski definition) is 3. The molecule has 0 unspecified atom stereocenters. The number of carboxylic acids is 1. The Morgan fingerprint density at radius 1 is 1.47 bits per heavy atom. The highest BCUT2D eigenvalue weighted by Gasteiger charge is 2.11. The van der Waals surface area contributed by atoms with Gasteiger partial charge in [-0.2, -0.15) is 0 Å². The number of rotatable bonds is 3. The van der Waals surface area contributed by atoms with Gasteiger partial charge in [0.05, 0.1) is 11.3 Å². The molecule has 82 valence electrons. The first-order chi connectivity index (χ1) is 6.80. The third-order valence-corrected chi connectivity index (χ3v) is 3.26. The molecule has 0 amide bonds. The van der Waals surface area contributed by atoms with Gasteiger partial charge in [-0.15, -0.1) is 0 Å². The molecule has 1 aromatic carbocycles. The second-order valence-electron chi connectivity index (χ2n) is 3.10. The van der Waals surface area contributed by atoms with Crippen molar-refractivity contribution in [1.82, 2.24) is 0 Å². The van der Waals surface area contributed by atoms with Crippen LogP contribution in [0.2, 0.25) is 5.02 Å². The number of carboxylic acid groups (broad SMARTS) is 1. The summed E-state index contributed by atoms with van der Waals surface area (Å²) < 4.78 is 22.3. The molecule has 15 heavy (non-hydrogen) atoms. The van der Waals surface area contributed by atoms with Gasteiger partial charge in [0, 0.05) is 11.3 Å². The Bertz CT molecular complexity index is 493. The lowest BCUT2D eigenvalue weighted by Crippen LogP contribution is -2.02. The molecular weight excluding hydrogens is 240 g/mol. The van der Waals surface area contributed by atoms with E-state index in [-0.39, 0.29) is 16.3 Å². The molecule has 0 aliphatic carbocycles. The summed E-state index contributed by atoms with van der Waals surface area (Å²) in [5.41, 5.74) is 0.400. The number of halogens is 1. The summed E-state index contributed by atoms with van der Waals surface area (Å²) in [6, 6.07) is 4.02. The average molecular weight is 249 g/mol. The van der Waals surface area contributed by atoms with E-state index in [1.54, 1.807) is 0 Å². The van der Waals surface area contributed by atoms with Gasteiger partial charge in [0.1, 0.15) is 0 Å². The molecule has 0 heterocycles. The Hall–Kier alpha value is -1.07. The van der Waals surface area contributed by atoms with Gasteiger partial charge in [0.2, 0.25) is 0 Å². The minimum atomic E-state index is -3.30. The van der Waals surface area contributed by atoms with Crippen LogP contribution in [0.25, 0.3) is 0 Å². The topological polar surface area (TPSA) is 71.4 Å². The van der Waals surface area contributed by atoms with Crippen LogP contribution in [0.1, 0.15) is 5.56 Å². The maximum atomic E-state index is 11.1. The molecule has 6 heteroatoms. The van der Waals surface area contributed by atoms with Gasteiger partial charge >= 0.3 is 5.97 Å². The molecule has 0 bridgehead atoms. The van der Waals surface area contributed by atoms with Crippen LogP contribution in [0.4, 0.5) is 0 Å². The molecule has 0 spiro atoms.